The van der Waals surface area contributed by atoms with Crippen molar-refractivity contribution in [3.05, 3.63) is 53.3 Å². The highest BCUT2D eigenvalue weighted by Gasteiger charge is 2.26. The smallest absolute Gasteiger partial charge is 0.229 e. The van der Waals surface area contributed by atoms with E-state index in [-0.39, 0.29) is 5.91 Å². The van der Waals surface area contributed by atoms with Gasteiger partial charge in [0.15, 0.2) is 0 Å². The van der Waals surface area contributed by atoms with Crippen molar-refractivity contribution in [1.29, 1.82) is 0 Å². The lowest BCUT2D eigenvalue weighted by Gasteiger charge is -2.26. The number of nitrogens with zero attached hydrogens (tertiary/aromatic N) is 4. The Morgan fingerprint density at radius 1 is 1.05 bits per heavy atom. The van der Waals surface area contributed by atoms with Crippen LogP contribution in [0.1, 0.15) is 67.8 Å². The van der Waals surface area contributed by atoms with Gasteiger partial charge in [-0.25, -0.2) is 4.98 Å². The molecule has 1 saturated carbocycles. The summed E-state index contributed by atoms with van der Waals surface area (Å²) in [7, 11) is 0. The molecule has 3 heterocycles. The van der Waals surface area contributed by atoms with Gasteiger partial charge < -0.3 is 20.9 Å². The summed E-state index contributed by atoms with van der Waals surface area (Å²) in [6, 6.07) is 12.1. The van der Waals surface area contributed by atoms with Crippen molar-refractivity contribution < 1.29 is 4.79 Å². The van der Waals surface area contributed by atoms with E-state index >= 15 is 0 Å². The number of likely N-dealkylation sites (tertiary alicyclic amines) is 1. The maximum Gasteiger partial charge on any atom is 0.229 e. The molecule has 9 heteroatoms. The molecule has 2 aromatic heterocycles. The third-order valence-electron chi connectivity index (χ3n) is 6.98. The van der Waals surface area contributed by atoms with Crippen molar-refractivity contribution in [3.63, 3.8) is 0 Å². The minimum atomic E-state index is 0.121. The van der Waals surface area contributed by atoms with Crippen LogP contribution < -0.4 is 16.0 Å². The molecule has 1 saturated heterocycles. The number of anilines is 4. The van der Waals surface area contributed by atoms with Crippen LogP contribution in [-0.4, -0.2) is 57.2 Å². The van der Waals surface area contributed by atoms with Crippen molar-refractivity contribution in [2.45, 2.75) is 64.2 Å². The molecule has 1 aliphatic carbocycles. The third-order valence-corrected chi connectivity index (χ3v) is 6.98. The zero-order chi connectivity index (χ0) is 25.5. The van der Waals surface area contributed by atoms with Gasteiger partial charge in [-0.1, -0.05) is 18.6 Å². The van der Waals surface area contributed by atoms with E-state index in [0.717, 1.165) is 54.4 Å². The number of carbonyl (C=O) groups is 1. The van der Waals surface area contributed by atoms with Gasteiger partial charge in [-0.3, -0.25) is 9.89 Å². The van der Waals surface area contributed by atoms with Gasteiger partial charge in [-0.05, 0) is 82.8 Å². The predicted molar refractivity (Wildman–Crippen MR) is 147 cm³/mol. The number of rotatable bonds is 12. The number of carbonyl (C=O) groups excluding carboxylic acids is 1. The fourth-order valence-electron chi connectivity index (χ4n) is 4.76. The minimum Gasteiger partial charge on any atom is -0.356 e. The monoisotopic (exact) mass is 502 g/mol. The van der Waals surface area contributed by atoms with Gasteiger partial charge >= 0.3 is 0 Å². The van der Waals surface area contributed by atoms with Gasteiger partial charge in [0.2, 0.25) is 11.9 Å². The summed E-state index contributed by atoms with van der Waals surface area (Å²) in [5.41, 5.74) is 4.00. The standard InChI is InChI=1S/C28H38N8O/c1-20-18-25(32-26-19-24(34-35-26)22-9-10-22)33-28(30-20)31-23-11-6-21(7-12-23)8-13-27(37)29-14-5-17-36-15-3-2-4-16-36/h6-7,11-12,18-19,22H,2-5,8-10,13-17H2,1H3,(H,29,37)(H3,30,31,32,33,34,35). The van der Waals surface area contributed by atoms with Crippen LogP contribution in [0, 0.1) is 6.92 Å². The van der Waals surface area contributed by atoms with Crippen LogP contribution >= 0.6 is 0 Å². The van der Waals surface area contributed by atoms with Crippen LogP contribution in [0.15, 0.2) is 36.4 Å². The molecule has 0 atom stereocenters. The van der Waals surface area contributed by atoms with E-state index in [1.54, 1.807) is 0 Å². The first-order valence-electron chi connectivity index (χ1n) is 13.6. The lowest BCUT2D eigenvalue weighted by Crippen LogP contribution is -2.33. The molecule has 37 heavy (non-hydrogen) atoms. The van der Waals surface area contributed by atoms with Crippen LogP contribution in [0.3, 0.4) is 0 Å². The topological polar surface area (TPSA) is 111 Å². The van der Waals surface area contributed by atoms with Crippen molar-refractivity contribution in [2.24, 2.45) is 0 Å². The van der Waals surface area contributed by atoms with Crippen LogP contribution in [0.5, 0.6) is 0 Å². The largest absolute Gasteiger partial charge is 0.356 e. The number of aryl methyl sites for hydroxylation is 2. The molecule has 5 rings (SSSR count). The Morgan fingerprint density at radius 2 is 1.86 bits per heavy atom. The maximum atomic E-state index is 12.2. The molecule has 196 valence electrons. The molecule has 0 bridgehead atoms. The van der Waals surface area contributed by atoms with Crippen LogP contribution in [0.25, 0.3) is 0 Å². The Balaban J connectivity index is 1.06. The fourth-order valence-corrected chi connectivity index (χ4v) is 4.76. The minimum absolute atomic E-state index is 0.121. The van der Waals surface area contributed by atoms with Crippen molar-refractivity contribution in [1.82, 2.24) is 30.4 Å². The van der Waals surface area contributed by atoms with Gasteiger partial charge in [0.05, 0.1) is 5.69 Å². The lowest BCUT2D eigenvalue weighted by atomic mass is 10.1. The van der Waals surface area contributed by atoms with Crippen molar-refractivity contribution in [3.8, 4) is 0 Å². The van der Waals surface area contributed by atoms with Crippen molar-refractivity contribution in [2.75, 3.05) is 36.8 Å². The molecule has 2 aliphatic rings. The summed E-state index contributed by atoms with van der Waals surface area (Å²) in [5, 5.41) is 17.1. The maximum absolute atomic E-state index is 12.2. The second-order valence-electron chi connectivity index (χ2n) is 10.3. The Hall–Kier alpha value is -3.46. The molecule has 0 unspecified atom stereocenters. The summed E-state index contributed by atoms with van der Waals surface area (Å²) in [6.45, 7) is 6.20. The summed E-state index contributed by atoms with van der Waals surface area (Å²) >= 11 is 0. The van der Waals surface area contributed by atoms with Crippen molar-refractivity contribution >= 4 is 29.2 Å². The first-order chi connectivity index (χ1) is 18.1. The number of aromatic amines is 1. The van der Waals surface area contributed by atoms with E-state index in [1.165, 1.54) is 45.2 Å². The van der Waals surface area contributed by atoms with E-state index in [2.05, 4.69) is 47.1 Å². The average molecular weight is 503 g/mol. The SMILES string of the molecule is Cc1cc(Nc2cc(C3CC3)n[nH]2)nc(Nc2ccc(CCC(=O)NCCCN3CCCCC3)cc2)n1. The Labute approximate surface area is 218 Å². The van der Waals surface area contributed by atoms with Gasteiger partial charge in [0.25, 0.3) is 0 Å². The van der Waals surface area contributed by atoms with E-state index in [1.807, 2.05) is 37.3 Å². The number of H-pyrrole nitrogens is 1. The summed E-state index contributed by atoms with van der Waals surface area (Å²) < 4.78 is 0. The third kappa shape index (κ3) is 7.76. The molecule has 0 radical (unpaired) electrons. The quantitative estimate of drug-likeness (QED) is 0.263. The van der Waals surface area contributed by atoms with Crippen LogP contribution in [-0.2, 0) is 11.2 Å². The normalized spacial score (nSPS) is 15.9. The fraction of sp³-hybridized carbons (Fsp3) is 0.500. The van der Waals surface area contributed by atoms with E-state index in [0.29, 0.717) is 24.1 Å². The van der Waals surface area contributed by atoms with E-state index < -0.39 is 0 Å². The van der Waals surface area contributed by atoms with Gasteiger partial charge in [0, 0.05) is 42.4 Å². The molecule has 0 spiro atoms. The molecular formula is C28H38N8O. The van der Waals surface area contributed by atoms with E-state index in [9.17, 15) is 4.79 Å². The average Bonchev–Trinajstić information content (AvgIpc) is 3.65. The highest BCUT2D eigenvalue weighted by Crippen LogP contribution is 2.39. The molecule has 3 aromatic rings. The van der Waals surface area contributed by atoms with Gasteiger partial charge in [-0.2, -0.15) is 10.1 Å². The Morgan fingerprint density at radius 3 is 2.65 bits per heavy atom. The second kappa shape index (κ2) is 12.2. The van der Waals surface area contributed by atoms with Crippen LogP contribution in [0.4, 0.5) is 23.3 Å². The summed E-state index contributed by atoms with van der Waals surface area (Å²) in [5.74, 6) is 2.79. The zero-order valence-corrected chi connectivity index (χ0v) is 21.7. The highest BCUT2D eigenvalue weighted by atomic mass is 16.1. The Bertz CT molecular complexity index is 1170. The number of aromatic nitrogens is 4. The number of hydrogen-bond donors (Lipinski definition) is 4. The number of hydrogen-bond acceptors (Lipinski definition) is 7. The Kier molecular flexibility index (Phi) is 8.30. The molecular weight excluding hydrogens is 464 g/mol. The first-order valence-corrected chi connectivity index (χ1v) is 13.6. The van der Waals surface area contributed by atoms with Crippen LogP contribution in [0.2, 0.25) is 0 Å². The molecule has 9 nitrogen and oxygen atoms in total. The second-order valence-corrected chi connectivity index (χ2v) is 10.3. The lowest BCUT2D eigenvalue weighted by molar-refractivity contribution is -0.121. The number of piperidine rings is 1. The number of nitrogens with one attached hydrogen (secondary N) is 4. The molecule has 4 N–H and O–H groups in total. The van der Waals surface area contributed by atoms with Gasteiger partial charge in [-0.15, -0.1) is 0 Å². The van der Waals surface area contributed by atoms with Gasteiger partial charge in [0.1, 0.15) is 11.6 Å². The summed E-state index contributed by atoms with van der Waals surface area (Å²) in [4.78, 5) is 23.9. The molecule has 1 aromatic carbocycles. The highest BCUT2D eigenvalue weighted by molar-refractivity contribution is 5.76. The van der Waals surface area contributed by atoms with E-state index in [4.69, 9.17) is 0 Å². The molecule has 1 amide bonds. The number of amides is 1. The first kappa shape index (κ1) is 25.2. The molecule has 2 fully saturated rings. The zero-order valence-electron chi connectivity index (χ0n) is 21.7. The molecule has 1 aliphatic heterocycles. The summed E-state index contributed by atoms with van der Waals surface area (Å²) in [6.07, 6.45) is 8.66. The predicted octanol–water partition coefficient (Wildman–Crippen LogP) is 4.80. The number of benzene rings is 1.